The molecule has 1 amide bonds. The summed E-state index contributed by atoms with van der Waals surface area (Å²) in [5.74, 6) is -0.854. The van der Waals surface area contributed by atoms with E-state index in [0.717, 1.165) is 12.2 Å². The van der Waals surface area contributed by atoms with Gasteiger partial charge in [0.1, 0.15) is 6.54 Å². The van der Waals surface area contributed by atoms with Gasteiger partial charge in [0, 0.05) is 18.7 Å². The SMILES string of the molecule is CCN(CC(F)(F)F)C(=O)/C=C/c1ccccc1[N+](=O)[O-]. The minimum atomic E-state index is -4.49. The second-order valence-corrected chi connectivity index (χ2v) is 4.12. The Kier molecular flexibility index (Phi) is 5.45. The Labute approximate surface area is 118 Å². The van der Waals surface area contributed by atoms with Crippen LogP contribution in [0.4, 0.5) is 18.9 Å². The third kappa shape index (κ3) is 5.25. The molecule has 0 atom stereocenters. The second kappa shape index (κ2) is 6.87. The smallest absolute Gasteiger partial charge is 0.330 e. The fourth-order valence-corrected chi connectivity index (χ4v) is 1.62. The zero-order valence-corrected chi connectivity index (χ0v) is 11.1. The average Bonchev–Trinajstić information content (AvgIpc) is 2.41. The molecular formula is C13H13F3N2O3. The van der Waals surface area contributed by atoms with Crippen LogP contribution in [-0.2, 0) is 4.79 Å². The van der Waals surface area contributed by atoms with Crippen LogP contribution in [0, 0.1) is 10.1 Å². The molecule has 1 rings (SSSR count). The highest BCUT2D eigenvalue weighted by atomic mass is 19.4. The largest absolute Gasteiger partial charge is 0.406 e. The molecule has 0 aliphatic carbocycles. The van der Waals surface area contributed by atoms with Gasteiger partial charge in [-0.1, -0.05) is 12.1 Å². The fourth-order valence-electron chi connectivity index (χ4n) is 1.62. The van der Waals surface area contributed by atoms with Crippen LogP contribution in [0.2, 0.25) is 0 Å². The fraction of sp³-hybridized carbons (Fsp3) is 0.308. The molecule has 0 unspecified atom stereocenters. The lowest BCUT2D eigenvalue weighted by molar-refractivity contribution is -0.385. The van der Waals surface area contributed by atoms with Crippen LogP contribution >= 0.6 is 0 Å². The van der Waals surface area contributed by atoms with Crippen molar-refractivity contribution in [1.82, 2.24) is 4.90 Å². The third-order valence-electron chi connectivity index (χ3n) is 2.60. The summed E-state index contributed by atoms with van der Waals surface area (Å²) in [4.78, 5) is 22.4. The first kappa shape index (κ1) is 16.7. The summed E-state index contributed by atoms with van der Waals surface area (Å²) in [5.41, 5.74) is -0.0701. The van der Waals surface area contributed by atoms with Crippen LogP contribution in [0.25, 0.3) is 6.08 Å². The van der Waals surface area contributed by atoms with Crippen LogP contribution in [0.5, 0.6) is 0 Å². The van der Waals surface area contributed by atoms with Gasteiger partial charge in [0.2, 0.25) is 5.91 Å². The minimum Gasteiger partial charge on any atom is -0.330 e. The summed E-state index contributed by atoms with van der Waals surface area (Å²) in [6.45, 7) is -0.0500. The van der Waals surface area contributed by atoms with E-state index in [9.17, 15) is 28.1 Å². The summed E-state index contributed by atoms with van der Waals surface area (Å²) in [6.07, 6.45) is -2.45. The molecule has 21 heavy (non-hydrogen) atoms. The second-order valence-electron chi connectivity index (χ2n) is 4.12. The molecule has 0 fully saturated rings. The highest BCUT2D eigenvalue weighted by molar-refractivity contribution is 5.92. The van der Waals surface area contributed by atoms with E-state index in [1.54, 1.807) is 0 Å². The number of halogens is 3. The Morgan fingerprint density at radius 2 is 2.00 bits per heavy atom. The molecule has 8 heteroatoms. The number of carbonyl (C=O) groups is 1. The predicted molar refractivity (Wildman–Crippen MR) is 70.4 cm³/mol. The highest BCUT2D eigenvalue weighted by Crippen LogP contribution is 2.20. The number of rotatable bonds is 5. The number of nitrogens with zero attached hydrogens (tertiary/aromatic N) is 2. The van der Waals surface area contributed by atoms with E-state index >= 15 is 0 Å². The number of alkyl halides is 3. The van der Waals surface area contributed by atoms with E-state index < -0.39 is 23.6 Å². The molecule has 5 nitrogen and oxygen atoms in total. The zero-order valence-electron chi connectivity index (χ0n) is 11.1. The van der Waals surface area contributed by atoms with Gasteiger partial charge in [-0.3, -0.25) is 14.9 Å². The summed E-state index contributed by atoms with van der Waals surface area (Å²) in [7, 11) is 0. The monoisotopic (exact) mass is 302 g/mol. The summed E-state index contributed by atoms with van der Waals surface area (Å²) in [5, 5.41) is 10.8. The van der Waals surface area contributed by atoms with Gasteiger partial charge in [-0.15, -0.1) is 0 Å². The lowest BCUT2D eigenvalue weighted by atomic mass is 10.1. The maximum Gasteiger partial charge on any atom is 0.406 e. The van der Waals surface area contributed by atoms with Gasteiger partial charge in [-0.05, 0) is 19.1 Å². The average molecular weight is 302 g/mol. The lowest BCUT2D eigenvalue weighted by Gasteiger charge is -2.20. The molecule has 1 aromatic rings. The molecular weight excluding hydrogens is 289 g/mol. The first-order valence-electron chi connectivity index (χ1n) is 6.01. The summed E-state index contributed by atoms with van der Waals surface area (Å²) < 4.78 is 36.8. The molecule has 0 aromatic heterocycles. The molecule has 0 aliphatic rings. The molecule has 1 aromatic carbocycles. The molecule has 0 bridgehead atoms. The first-order valence-corrected chi connectivity index (χ1v) is 6.01. The van der Waals surface area contributed by atoms with Gasteiger partial charge in [-0.2, -0.15) is 13.2 Å². The van der Waals surface area contributed by atoms with Crippen molar-refractivity contribution in [2.75, 3.05) is 13.1 Å². The van der Waals surface area contributed by atoms with Gasteiger partial charge >= 0.3 is 6.18 Å². The molecule has 0 radical (unpaired) electrons. The molecule has 114 valence electrons. The third-order valence-corrected chi connectivity index (χ3v) is 2.60. The number of hydrogen-bond acceptors (Lipinski definition) is 3. The first-order chi connectivity index (χ1) is 9.74. The highest BCUT2D eigenvalue weighted by Gasteiger charge is 2.31. The maximum atomic E-state index is 12.3. The van der Waals surface area contributed by atoms with E-state index in [4.69, 9.17) is 0 Å². The summed E-state index contributed by atoms with van der Waals surface area (Å²) in [6, 6.07) is 5.64. The van der Waals surface area contributed by atoms with Crippen molar-refractivity contribution in [3.8, 4) is 0 Å². The number of para-hydroxylation sites is 1. The molecule has 0 saturated heterocycles. The molecule has 0 N–H and O–H groups in total. The Morgan fingerprint density at radius 3 is 2.52 bits per heavy atom. The van der Waals surface area contributed by atoms with Gasteiger partial charge in [0.15, 0.2) is 0 Å². The van der Waals surface area contributed by atoms with Crippen molar-refractivity contribution in [1.29, 1.82) is 0 Å². The number of hydrogen-bond donors (Lipinski definition) is 0. The zero-order chi connectivity index (χ0) is 16.0. The van der Waals surface area contributed by atoms with Gasteiger partial charge in [0.05, 0.1) is 10.5 Å². The quantitative estimate of drug-likeness (QED) is 0.477. The summed E-state index contributed by atoms with van der Waals surface area (Å²) >= 11 is 0. The van der Waals surface area contributed by atoms with E-state index in [-0.39, 0.29) is 17.8 Å². The van der Waals surface area contributed by atoms with Crippen molar-refractivity contribution in [2.24, 2.45) is 0 Å². The van der Waals surface area contributed by atoms with Gasteiger partial charge in [0.25, 0.3) is 5.69 Å². The van der Waals surface area contributed by atoms with E-state index in [1.807, 2.05) is 0 Å². The van der Waals surface area contributed by atoms with Gasteiger partial charge in [-0.25, -0.2) is 0 Å². The van der Waals surface area contributed by atoms with E-state index in [1.165, 1.54) is 31.2 Å². The van der Waals surface area contributed by atoms with Crippen LogP contribution < -0.4 is 0 Å². The predicted octanol–water partition coefficient (Wildman–Crippen LogP) is 3.02. The molecule has 0 spiro atoms. The van der Waals surface area contributed by atoms with Crippen molar-refractivity contribution >= 4 is 17.7 Å². The minimum absolute atomic E-state index is 0.112. The normalized spacial score (nSPS) is 11.6. The van der Waals surface area contributed by atoms with Crippen molar-refractivity contribution in [2.45, 2.75) is 13.1 Å². The molecule has 0 heterocycles. The standard InChI is InChI=1S/C13H13F3N2O3/c1-2-17(9-13(14,15)16)12(19)8-7-10-5-3-4-6-11(10)18(20)21/h3-8H,2,9H2,1H3/b8-7+. The lowest BCUT2D eigenvalue weighted by Crippen LogP contribution is -2.37. The topological polar surface area (TPSA) is 63.5 Å². The van der Waals surface area contributed by atoms with E-state index in [0.29, 0.717) is 4.90 Å². The number of amides is 1. The van der Waals surface area contributed by atoms with Crippen LogP contribution in [-0.4, -0.2) is 35.0 Å². The van der Waals surface area contributed by atoms with E-state index in [2.05, 4.69) is 0 Å². The Hall–Kier alpha value is -2.38. The maximum absolute atomic E-state index is 12.3. The van der Waals surface area contributed by atoms with Gasteiger partial charge < -0.3 is 4.90 Å². The number of carbonyl (C=O) groups excluding carboxylic acids is 1. The Balaban J connectivity index is 2.89. The van der Waals surface area contributed by atoms with Crippen LogP contribution in [0.3, 0.4) is 0 Å². The van der Waals surface area contributed by atoms with Crippen LogP contribution in [0.1, 0.15) is 12.5 Å². The number of nitro benzene ring substituents is 1. The Morgan fingerprint density at radius 1 is 1.38 bits per heavy atom. The van der Waals surface area contributed by atoms with Crippen molar-refractivity contribution in [3.05, 3.63) is 46.0 Å². The number of likely N-dealkylation sites (N-methyl/N-ethyl adjacent to an activating group) is 1. The number of benzene rings is 1. The number of nitro groups is 1. The van der Waals surface area contributed by atoms with Crippen LogP contribution in [0.15, 0.2) is 30.3 Å². The molecule has 0 aliphatic heterocycles. The molecule has 0 saturated carbocycles. The van der Waals surface area contributed by atoms with Crippen molar-refractivity contribution in [3.63, 3.8) is 0 Å². The Bertz CT molecular complexity index is 556. The van der Waals surface area contributed by atoms with Crippen molar-refractivity contribution < 1.29 is 22.9 Å².